The van der Waals surface area contributed by atoms with Crippen molar-refractivity contribution >= 4 is 11.6 Å². The van der Waals surface area contributed by atoms with Crippen LogP contribution < -0.4 is 15.8 Å². The Hall–Kier alpha value is -1.55. The molecule has 1 fully saturated rings. The van der Waals surface area contributed by atoms with Gasteiger partial charge in [0.1, 0.15) is 11.9 Å². The van der Waals surface area contributed by atoms with Gasteiger partial charge < -0.3 is 15.8 Å². The van der Waals surface area contributed by atoms with Gasteiger partial charge in [0.25, 0.3) is 0 Å². The Bertz CT molecular complexity index is 473. The van der Waals surface area contributed by atoms with Crippen molar-refractivity contribution in [3.8, 4) is 5.75 Å². The molecule has 1 heterocycles. The fraction of sp³-hybridized carbons (Fsp3) is 0.500. The number of anilines is 1. The third kappa shape index (κ3) is 2.34. The number of benzene rings is 1. The van der Waals surface area contributed by atoms with E-state index in [9.17, 15) is 4.79 Å². The zero-order valence-electron chi connectivity index (χ0n) is 10.3. The van der Waals surface area contributed by atoms with Gasteiger partial charge in [0.05, 0.1) is 0 Å². The van der Waals surface area contributed by atoms with Gasteiger partial charge in [-0.1, -0.05) is 0 Å². The SMILES string of the molecule is NC1CCC(Oc2ccc3c(c2)CCC(=O)N3)C1. The van der Waals surface area contributed by atoms with Crippen LogP contribution in [0.2, 0.25) is 0 Å². The molecule has 1 aromatic carbocycles. The molecule has 0 radical (unpaired) electrons. The van der Waals surface area contributed by atoms with Crippen molar-refractivity contribution in [1.82, 2.24) is 0 Å². The number of amides is 1. The second-order valence-electron chi connectivity index (χ2n) is 5.18. The second-order valence-corrected chi connectivity index (χ2v) is 5.18. The van der Waals surface area contributed by atoms with Crippen LogP contribution in [-0.4, -0.2) is 18.1 Å². The Morgan fingerprint density at radius 2 is 2.17 bits per heavy atom. The Morgan fingerprint density at radius 3 is 2.94 bits per heavy atom. The van der Waals surface area contributed by atoms with Crippen molar-refractivity contribution in [2.24, 2.45) is 5.73 Å². The van der Waals surface area contributed by atoms with E-state index >= 15 is 0 Å². The maximum atomic E-state index is 11.3. The molecule has 4 nitrogen and oxygen atoms in total. The van der Waals surface area contributed by atoms with Crippen LogP contribution in [0.15, 0.2) is 18.2 Å². The predicted octanol–water partition coefficient (Wildman–Crippen LogP) is 1.83. The molecule has 1 aliphatic carbocycles. The minimum atomic E-state index is 0.0953. The van der Waals surface area contributed by atoms with Gasteiger partial charge in [-0.15, -0.1) is 0 Å². The molecule has 3 N–H and O–H groups in total. The number of hydrogen-bond donors (Lipinski definition) is 2. The van der Waals surface area contributed by atoms with E-state index in [1.165, 1.54) is 0 Å². The highest BCUT2D eigenvalue weighted by Crippen LogP contribution is 2.29. The number of carbonyl (C=O) groups is 1. The molecule has 1 amide bonds. The van der Waals surface area contributed by atoms with Crippen LogP contribution in [0.5, 0.6) is 5.75 Å². The lowest BCUT2D eigenvalue weighted by atomic mass is 10.0. The zero-order chi connectivity index (χ0) is 12.5. The van der Waals surface area contributed by atoms with E-state index < -0.39 is 0 Å². The summed E-state index contributed by atoms with van der Waals surface area (Å²) in [7, 11) is 0. The second kappa shape index (κ2) is 4.61. The maximum absolute atomic E-state index is 11.3. The summed E-state index contributed by atoms with van der Waals surface area (Å²) in [5.74, 6) is 0.988. The van der Waals surface area contributed by atoms with E-state index in [0.717, 1.165) is 42.7 Å². The van der Waals surface area contributed by atoms with Gasteiger partial charge in [-0.05, 0) is 49.4 Å². The van der Waals surface area contributed by atoms with Crippen LogP contribution in [0, 0.1) is 0 Å². The molecule has 18 heavy (non-hydrogen) atoms. The summed E-state index contributed by atoms with van der Waals surface area (Å²) in [4.78, 5) is 11.3. The van der Waals surface area contributed by atoms with Gasteiger partial charge in [0.15, 0.2) is 0 Å². The summed E-state index contributed by atoms with van der Waals surface area (Å²) >= 11 is 0. The fourth-order valence-electron chi connectivity index (χ4n) is 2.71. The third-order valence-electron chi connectivity index (χ3n) is 3.70. The molecule has 2 aliphatic rings. The Morgan fingerprint density at radius 1 is 1.28 bits per heavy atom. The van der Waals surface area contributed by atoms with Gasteiger partial charge in [-0.3, -0.25) is 4.79 Å². The minimum Gasteiger partial charge on any atom is -0.490 e. The average Bonchev–Trinajstić information content (AvgIpc) is 2.75. The number of aryl methyl sites for hydroxylation is 1. The standard InChI is InChI=1S/C14H18N2O2/c15-10-2-3-12(8-10)18-11-4-5-13-9(7-11)1-6-14(17)16-13/h4-5,7,10,12H,1-3,6,8,15H2,(H,16,17). The van der Waals surface area contributed by atoms with Crippen LogP contribution >= 0.6 is 0 Å². The highest BCUT2D eigenvalue weighted by atomic mass is 16.5. The van der Waals surface area contributed by atoms with Gasteiger partial charge in [-0.25, -0.2) is 0 Å². The van der Waals surface area contributed by atoms with Gasteiger partial charge in [0, 0.05) is 18.2 Å². The van der Waals surface area contributed by atoms with Crippen molar-refractivity contribution in [3.05, 3.63) is 23.8 Å². The van der Waals surface area contributed by atoms with Crippen molar-refractivity contribution in [3.63, 3.8) is 0 Å². The number of ether oxygens (including phenoxy) is 1. The average molecular weight is 246 g/mol. The fourth-order valence-corrected chi connectivity index (χ4v) is 2.71. The largest absolute Gasteiger partial charge is 0.490 e. The van der Waals surface area contributed by atoms with E-state index in [0.29, 0.717) is 6.42 Å². The lowest BCUT2D eigenvalue weighted by molar-refractivity contribution is -0.116. The zero-order valence-corrected chi connectivity index (χ0v) is 10.3. The number of hydrogen-bond acceptors (Lipinski definition) is 3. The molecule has 2 atom stereocenters. The summed E-state index contributed by atoms with van der Waals surface area (Å²) in [5, 5.41) is 2.87. The van der Waals surface area contributed by atoms with E-state index in [2.05, 4.69) is 5.32 Å². The molecule has 1 aromatic rings. The normalized spacial score (nSPS) is 26.6. The molecule has 0 spiro atoms. The highest BCUT2D eigenvalue weighted by Gasteiger charge is 2.23. The lowest BCUT2D eigenvalue weighted by Gasteiger charge is -2.19. The first-order valence-corrected chi connectivity index (χ1v) is 6.56. The van der Waals surface area contributed by atoms with E-state index in [4.69, 9.17) is 10.5 Å². The monoisotopic (exact) mass is 246 g/mol. The van der Waals surface area contributed by atoms with Crippen molar-refractivity contribution in [2.75, 3.05) is 5.32 Å². The lowest BCUT2D eigenvalue weighted by Crippen LogP contribution is -2.20. The van der Waals surface area contributed by atoms with Crippen molar-refractivity contribution in [2.45, 2.75) is 44.2 Å². The molecule has 4 heteroatoms. The maximum Gasteiger partial charge on any atom is 0.224 e. The molecule has 2 unspecified atom stereocenters. The Labute approximate surface area is 107 Å². The van der Waals surface area contributed by atoms with Crippen molar-refractivity contribution in [1.29, 1.82) is 0 Å². The van der Waals surface area contributed by atoms with E-state index in [-0.39, 0.29) is 18.1 Å². The molecule has 0 saturated heterocycles. The first-order chi connectivity index (χ1) is 8.70. The molecule has 1 aliphatic heterocycles. The van der Waals surface area contributed by atoms with Crippen molar-refractivity contribution < 1.29 is 9.53 Å². The van der Waals surface area contributed by atoms with E-state index in [1.807, 2.05) is 18.2 Å². The van der Waals surface area contributed by atoms with Crippen LogP contribution in [0.1, 0.15) is 31.2 Å². The summed E-state index contributed by atoms with van der Waals surface area (Å²) in [6.07, 6.45) is 4.62. The van der Waals surface area contributed by atoms with Gasteiger partial charge in [0.2, 0.25) is 5.91 Å². The first-order valence-electron chi connectivity index (χ1n) is 6.56. The Kier molecular flexibility index (Phi) is 2.96. The number of carbonyl (C=O) groups excluding carboxylic acids is 1. The number of nitrogens with two attached hydrogens (primary N) is 1. The smallest absolute Gasteiger partial charge is 0.224 e. The summed E-state index contributed by atoms with van der Waals surface area (Å²) in [6.45, 7) is 0. The summed E-state index contributed by atoms with van der Waals surface area (Å²) < 4.78 is 5.95. The van der Waals surface area contributed by atoms with Crippen LogP contribution in [0.3, 0.4) is 0 Å². The summed E-state index contributed by atoms with van der Waals surface area (Å²) in [5.41, 5.74) is 7.96. The number of nitrogens with one attached hydrogen (secondary N) is 1. The number of rotatable bonds is 2. The van der Waals surface area contributed by atoms with Gasteiger partial charge in [-0.2, -0.15) is 0 Å². The predicted molar refractivity (Wildman–Crippen MR) is 69.6 cm³/mol. The highest BCUT2D eigenvalue weighted by molar-refractivity contribution is 5.93. The van der Waals surface area contributed by atoms with Crippen LogP contribution in [0.4, 0.5) is 5.69 Å². The van der Waals surface area contributed by atoms with Crippen LogP contribution in [0.25, 0.3) is 0 Å². The molecule has 1 saturated carbocycles. The quantitative estimate of drug-likeness (QED) is 0.836. The number of fused-ring (bicyclic) bond motifs is 1. The van der Waals surface area contributed by atoms with E-state index in [1.54, 1.807) is 0 Å². The summed E-state index contributed by atoms with van der Waals surface area (Å²) in [6, 6.07) is 6.18. The molecule has 0 bridgehead atoms. The molecular weight excluding hydrogens is 228 g/mol. The first kappa shape index (κ1) is 11.5. The molecule has 0 aromatic heterocycles. The Balaban J connectivity index is 1.72. The third-order valence-corrected chi connectivity index (χ3v) is 3.70. The molecule has 3 rings (SSSR count). The molecular formula is C14H18N2O2. The minimum absolute atomic E-state index is 0.0953. The van der Waals surface area contributed by atoms with Crippen LogP contribution in [-0.2, 0) is 11.2 Å². The molecule has 96 valence electrons. The topological polar surface area (TPSA) is 64.3 Å². The van der Waals surface area contributed by atoms with Gasteiger partial charge >= 0.3 is 0 Å².